The molecular formula is C19H17N3O3S. The number of hydrogen-bond donors (Lipinski definition) is 1. The number of rotatable bonds is 5. The average Bonchev–Trinajstić information content (AvgIpc) is 3.31. The molecule has 4 rings (SSSR count). The van der Waals surface area contributed by atoms with Crippen LogP contribution in [0.1, 0.15) is 24.8 Å². The standard InChI is InChI=1S/C19H17N3O3S/c1-2-14(12-6-4-3-5-7-12)17(23)20-19-22-21-18(26-19)13-8-9-15-16(10-13)25-11-24-15/h3-10,14H,2,11H2,1H3,(H,20,22,23)/t14-/m1/s1. The summed E-state index contributed by atoms with van der Waals surface area (Å²) in [6, 6.07) is 15.4. The first kappa shape index (κ1) is 16.5. The summed E-state index contributed by atoms with van der Waals surface area (Å²) in [5, 5.41) is 12.4. The molecule has 0 aliphatic carbocycles. The molecule has 1 N–H and O–H groups in total. The topological polar surface area (TPSA) is 73.3 Å². The predicted octanol–water partition coefficient (Wildman–Crippen LogP) is 4.07. The lowest BCUT2D eigenvalue weighted by atomic mass is 9.96. The molecule has 3 aromatic rings. The van der Waals surface area contributed by atoms with Crippen LogP contribution in [0.4, 0.5) is 5.13 Å². The summed E-state index contributed by atoms with van der Waals surface area (Å²) >= 11 is 1.33. The van der Waals surface area contributed by atoms with Crippen LogP contribution in [0.3, 0.4) is 0 Å². The van der Waals surface area contributed by atoms with Crippen molar-refractivity contribution in [1.29, 1.82) is 0 Å². The van der Waals surface area contributed by atoms with Gasteiger partial charge in [0, 0.05) is 5.56 Å². The molecular weight excluding hydrogens is 350 g/mol. The van der Waals surface area contributed by atoms with Crippen LogP contribution in [0.2, 0.25) is 0 Å². The van der Waals surface area contributed by atoms with E-state index in [0.717, 1.165) is 16.9 Å². The first-order valence-corrected chi connectivity index (χ1v) is 9.15. The normalized spacial score (nSPS) is 13.4. The quantitative estimate of drug-likeness (QED) is 0.736. The number of carbonyl (C=O) groups excluding carboxylic acids is 1. The number of benzene rings is 2. The Morgan fingerprint density at radius 1 is 1.15 bits per heavy atom. The highest BCUT2D eigenvalue weighted by Gasteiger charge is 2.21. The van der Waals surface area contributed by atoms with E-state index in [0.29, 0.717) is 22.3 Å². The van der Waals surface area contributed by atoms with E-state index < -0.39 is 0 Å². The van der Waals surface area contributed by atoms with E-state index in [1.807, 2.05) is 55.5 Å². The summed E-state index contributed by atoms with van der Waals surface area (Å²) in [6.45, 7) is 2.23. The van der Waals surface area contributed by atoms with Crippen LogP contribution < -0.4 is 14.8 Å². The van der Waals surface area contributed by atoms with Crippen LogP contribution in [-0.2, 0) is 4.79 Å². The maximum Gasteiger partial charge on any atom is 0.233 e. The van der Waals surface area contributed by atoms with Gasteiger partial charge in [0.25, 0.3) is 0 Å². The van der Waals surface area contributed by atoms with Gasteiger partial charge in [-0.05, 0) is 30.2 Å². The third-order valence-corrected chi connectivity index (χ3v) is 5.09. The second kappa shape index (κ2) is 7.13. The van der Waals surface area contributed by atoms with Gasteiger partial charge in [-0.1, -0.05) is 48.6 Å². The number of ether oxygens (including phenoxy) is 2. The van der Waals surface area contributed by atoms with Crippen LogP contribution in [0, 0.1) is 0 Å². The number of nitrogens with zero attached hydrogens (tertiary/aromatic N) is 2. The zero-order valence-electron chi connectivity index (χ0n) is 14.1. The van der Waals surface area contributed by atoms with Crippen molar-refractivity contribution in [2.24, 2.45) is 0 Å². The van der Waals surface area contributed by atoms with Gasteiger partial charge in [-0.3, -0.25) is 10.1 Å². The summed E-state index contributed by atoms with van der Waals surface area (Å²) in [5.41, 5.74) is 1.87. The van der Waals surface area contributed by atoms with E-state index in [2.05, 4.69) is 15.5 Å². The number of aromatic nitrogens is 2. The minimum atomic E-state index is -0.214. The number of fused-ring (bicyclic) bond motifs is 1. The summed E-state index contributed by atoms with van der Waals surface area (Å²) in [6.07, 6.45) is 0.712. The summed E-state index contributed by atoms with van der Waals surface area (Å²) in [7, 11) is 0. The van der Waals surface area contributed by atoms with Gasteiger partial charge in [-0.2, -0.15) is 0 Å². The molecule has 0 saturated carbocycles. The number of carbonyl (C=O) groups is 1. The third-order valence-electron chi connectivity index (χ3n) is 4.20. The average molecular weight is 367 g/mol. The van der Waals surface area contributed by atoms with Crippen molar-refractivity contribution in [2.45, 2.75) is 19.3 Å². The smallest absolute Gasteiger partial charge is 0.233 e. The summed E-state index contributed by atoms with van der Waals surface area (Å²) < 4.78 is 10.7. The highest BCUT2D eigenvalue weighted by molar-refractivity contribution is 7.18. The zero-order chi connectivity index (χ0) is 17.9. The molecule has 6 nitrogen and oxygen atoms in total. The molecule has 0 fully saturated rings. The highest BCUT2D eigenvalue weighted by Crippen LogP contribution is 2.37. The van der Waals surface area contributed by atoms with E-state index in [1.165, 1.54) is 11.3 Å². The second-order valence-electron chi connectivity index (χ2n) is 5.84. The highest BCUT2D eigenvalue weighted by atomic mass is 32.1. The number of anilines is 1. The van der Waals surface area contributed by atoms with Crippen molar-refractivity contribution in [2.75, 3.05) is 12.1 Å². The van der Waals surface area contributed by atoms with Crippen LogP contribution in [0.25, 0.3) is 10.6 Å². The van der Waals surface area contributed by atoms with E-state index in [9.17, 15) is 4.79 Å². The molecule has 2 heterocycles. The maximum atomic E-state index is 12.6. The third kappa shape index (κ3) is 3.25. The van der Waals surface area contributed by atoms with Gasteiger partial charge in [0.1, 0.15) is 5.01 Å². The molecule has 1 aliphatic heterocycles. The van der Waals surface area contributed by atoms with E-state index in [4.69, 9.17) is 9.47 Å². The van der Waals surface area contributed by atoms with Crippen molar-refractivity contribution in [3.05, 3.63) is 54.1 Å². The van der Waals surface area contributed by atoms with Crippen molar-refractivity contribution < 1.29 is 14.3 Å². The molecule has 1 aliphatic rings. The Morgan fingerprint density at radius 2 is 1.96 bits per heavy atom. The van der Waals surface area contributed by atoms with Gasteiger partial charge in [-0.25, -0.2) is 0 Å². The fourth-order valence-corrected chi connectivity index (χ4v) is 3.61. The first-order valence-electron chi connectivity index (χ1n) is 8.34. The minimum Gasteiger partial charge on any atom is -0.454 e. The molecule has 1 atom stereocenters. The Bertz CT molecular complexity index is 927. The van der Waals surface area contributed by atoms with Crippen LogP contribution in [0.15, 0.2) is 48.5 Å². The Labute approximate surface area is 154 Å². The number of amides is 1. The van der Waals surface area contributed by atoms with E-state index in [1.54, 1.807) is 0 Å². The van der Waals surface area contributed by atoms with Crippen LogP contribution in [-0.4, -0.2) is 22.9 Å². The van der Waals surface area contributed by atoms with Crippen molar-refractivity contribution >= 4 is 22.4 Å². The lowest BCUT2D eigenvalue weighted by molar-refractivity contribution is -0.117. The molecule has 0 bridgehead atoms. The Balaban J connectivity index is 1.50. The Morgan fingerprint density at radius 3 is 2.77 bits per heavy atom. The maximum absolute atomic E-state index is 12.6. The lowest BCUT2D eigenvalue weighted by Gasteiger charge is -2.13. The summed E-state index contributed by atoms with van der Waals surface area (Å²) in [5.74, 6) is 1.13. The molecule has 132 valence electrons. The number of hydrogen-bond acceptors (Lipinski definition) is 6. The fourth-order valence-electron chi connectivity index (χ4n) is 2.87. The lowest BCUT2D eigenvalue weighted by Crippen LogP contribution is -2.20. The van der Waals surface area contributed by atoms with Gasteiger partial charge < -0.3 is 9.47 Å². The van der Waals surface area contributed by atoms with Gasteiger partial charge >= 0.3 is 0 Å². The largest absolute Gasteiger partial charge is 0.454 e. The zero-order valence-corrected chi connectivity index (χ0v) is 15.0. The molecule has 0 spiro atoms. The molecule has 0 unspecified atom stereocenters. The Kier molecular flexibility index (Phi) is 4.53. The molecule has 0 saturated heterocycles. The summed E-state index contributed by atoms with van der Waals surface area (Å²) in [4.78, 5) is 12.6. The van der Waals surface area contributed by atoms with Crippen molar-refractivity contribution in [3.63, 3.8) is 0 Å². The van der Waals surface area contributed by atoms with Crippen molar-refractivity contribution in [3.8, 4) is 22.1 Å². The number of nitrogens with one attached hydrogen (secondary N) is 1. The predicted molar refractivity (Wildman–Crippen MR) is 99.6 cm³/mol. The molecule has 2 aromatic carbocycles. The molecule has 26 heavy (non-hydrogen) atoms. The van der Waals surface area contributed by atoms with Gasteiger partial charge in [0.05, 0.1) is 5.92 Å². The molecule has 7 heteroatoms. The van der Waals surface area contributed by atoms with Crippen LogP contribution >= 0.6 is 11.3 Å². The van der Waals surface area contributed by atoms with E-state index in [-0.39, 0.29) is 18.6 Å². The van der Waals surface area contributed by atoms with Crippen molar-refractivity contribution in [1.82, 2.24) is 10.2 Å². The van der Waals surface area contributed by atoms with Gasteiger partial charge in [0.15, 0.2) is 11.5 Å². The molecule has 1 aromatic heterocycles. The Hall–Kier alpha value is -2.93. The minimum absolute atomic E-state index is 0.0768. The van der Waals surface area contributed by atoms with Gasteiger partial charge in [0.2, 0.25) is 17.8 Å². The SMILES string of the molecule is CC[C@@H](C(=O)Nc1nnc(-c2ccc3c(c2)OCO3)s1)c1ccccc1. The van der Waals surface area contributed by atoms with Gasteiger partial charge in [-0.15, -0.1) is 10.2 Å². The van der Waals surface area contributed by atoms with E-state index >= 15 is 0 Å². The molecule has 1 amide bonds. The second-order valence-corrected chi connectivity index (χ2v) is 6.82. The molecule has 0 radical (unpaired) electrons. The monoisotopic (exact) mass is 367 g/mol. The van der Waals surface area contributed by atoms with Crippen LogP contribution in [0.5, 0.6) is 11.5 Å². The fraction of sp³-hybridized carbons (Fsp3) is 0.211. The first-order chi connectivity index (χ1) is 12.7.